The van der Waals surface area contributed by atoms with Crippen molar-refractivity contribution in [1.82, 2.24) is 0 Å². The average Bonchev–Trinajstić information content (AvgIpc) is 2.62. The first kappa shape index (κ1) is 17.6. The second-order valence-electron chi connectivity index (χ2n) is 6.58. The lowest BCUT2D eigenvalue weighted by Gasteiger charge is -2.24. The van der Waals surface area contributed by atoms with Gasteiger partial charge in [-0.05, 0) is 0 Å². The lowest BCUT2D eigenvalue weighted by Crippen LogP contribution is -2.16. The summed E-state index contributed by atoms with van der Waals surface area (Å²) in [5.41, 5.74) is -0.0241. The maximum atomic E-state index is 12.8. The second-order valence-corrected chi connectivity index (χ2v) is 6.58. The number of hydrogen-bond acceptors (Lipinski definition) is 5. The van der Waals surface area contributed by atoms with Crippen molar-refractivity contribution in [3.63, 3.8) is 0 Å². The third-order valence-corrected chi connectivity index (χ3v) is 4.50. The number of phenols is 2. The number of fused-ring (bicyclic) bond motifs is 1. The molecule has 0 atom stereocenters. The van der Waals surface area contributed by atoms with E-state index in [-0.39, 0.29) is 22.5 Å². The highest BCUT2D eigenvalue weighted by atomic mass is 16.5. The summed E-state index contributed by atoms with van der Waals surface area (Å²) in [4.78, 5) is 12.8. The van der Waals surface area contributed by atoms with Gasteiger partial charge in [-0.1, -0.05) is 50.3 Å². The van der Waals surface area contributed by atoms with Gasteiger partial charge in [0.25, 0.3) is 0 Å². The molecule has 26 heavy (non-hydrogen) atoms. The van der Waals surface area contributed by atoms with Gasteiger partial charge in [0, 0.05) is 17.0 Å². The molecule has 0 bridgehead atoms. The lowest BCUT2D eigenvalue weighted by molar-refractivity contribution is 0.341. The van der Waals surface area contributed by atoms with Gasteiger partial charge in [-0.3, -0.25) is 4.79 Å². The Morgan fingerprint density at radius 2 is 1.81 bits per heavy atom. The Hall–Kier alpha value is -3.21. The summed E-state index contributed by atoms with van der Waals surface area (Å²) in [7, 11) is 1.31. The molecule has 2 N–H and O–H groups in total. The van der Waals surface area contributed by atoms with Crippen molar-refractivity contribution in [3.8, 4) is 28.6 Å². The number of benzene rings is 2. The Balaban J connectivity index is 2.52. The van der Waals surface area contributed by atoms with Crippen molar-refractivity contribution >= 4 is 11.0 Å². The van der Waals surface area contributed by atoms with Crippen LogP contribution in [0.25, 0.3) is 22.3 Å². The van der Waals surface area contributed by atoms with E-state index in [2.05, 4.69) is 6.58 Å². The van der Waals surface area contributed by atoms with E-state index in [0.29, 0.717) is 16.9 Å². The SMILES string of the molecule is C=CC(C)(C)c1c(O)c(OC)c(O)c2c(=O)cc(-c3ccccc3)oc12. The van der Waals surface area contributed by atoms with E-state index < -0.39 is 16.6 Å². The normalized spacial score (nSPS) is 11.5. The Morgan fingerprint density at radius 3 is 2.38 bits per heavy atom. The standard InChI is InChI=1S/C21H20O5/c1-5-21(2,3)16-18(24)20(25-4)17(23)15-13(22)11-14(26-19(15)16)12-9-7-6-8-10-12/h5-11,23-24H,1H2,2-4H3. The highest BCUT2D eigenvalue weighted by molar-refractivity contribution is 5.93. The van der Waals surface area contributed by atoms with Gasteiger partial charge < -0.3 is 19.4 Å². The number of methoxy groups -OCH3 is 1. The monoisotopic (exact) mass is 352 g/mol. The molecule has 1 heterocycles. The molecule has 0 aliphatic carbocycles. The maximum absolute atomic E-state index is 12.8. The van der Waals surface area contributed by atoms with Crippen LogP contribution < -0.4 is 10.2 Å². The Morgan fingerprint density at radius 1 is 1.15 bits per heavy atom. The van der Waals surface area contributed by atoms with Gasteiger partial charge in [-0.25, -0.2) is 0 Å². The maximum Gasteiger partial charge on any atom is 0.204 e. The van der Waals surface area contributed by atoms with E-state index in [1.807, 2.05) is 44.2 Å². The number of rotatable bonds is 4. The minimum Gasteiger partial charge on any atom is -0.504 e. The molecule has 2 aromatic carbocycles. The molecule has 1 aromatic heterocycles. The highest BCUT2D eigenvalue weighted by Crippen LogP contribution is 2.49. The van der Waals surface area contributed by atoms with Gasteiger partial charge in [0.05, 0.1) is 12.7 Å². The average molecular weight is 352 g/mol. The van der Waals surface area contributed by atoms with Crippen LogP contribution in [0.1, 0.15) is 19.4 Å². The van der Waals surface area contributed by atoms with Crippen LogP contribution in [-0.4, -0.2) is 17.3 Å². The largest absolute Gasteiger partial charge is 0.504 e. The van der Waals surface area contributed by atoms with Gasteiger partial charge in [0.1, 0.15) is 16.7 Å². The number of hydrogen-bond donors (Lipinski definition) is 2. The fourth-order valence-corrected chi connectivity index (χ4v) is 2.98. The van der Waals surface area contributed by atoms with E-state index >= 15 is 0 Å². The van der Waals surface area contributed by atoms with Crippen LogP contribution in [0.3, 0.4) is 0 Å². The highest BCUT2D eigenvalue weighted by Gasteiger charge is 2.31. The molecule has 0 aliphatic rings. The van der Waals surface area contributed by atoms with Crippen LogP contribution in [0.5, 0.6) is 17.2 Å². The molecule has 0 spiro atoms. The fraction of sp³-hybridized carbons (Fsp3) is 0.190. The molecule has 0 saturated heterocycles. The summed E-state index contributed by atoms with van der Waals surface area (Å²) in [6.07, 6.45) is 1.63. The zero-order valence-electron chi connectivity index (χ0n) is 14.9. The van der Waals surface area contributed by atoms with Crippen molar-refractivity contribution in [2.75, 3.05) is 7.11 Å². The first-order chi connectivity index (χ1) is 12.3. The van der Waals surface area contributed by atoms with Crippen LogP contribution in [0.4, 0.5) is 0 Å². The summed E-state index contributed by atoms with van der Waals surface area (Å²) < 4.78 is 11.1. The molecule has 3 rings (SSSR count). The molecule has 0 amide bonds. The van der Waals surface area contributed by atoms with Crippen LogP contribution in [0.15, 0.2) is 58.3 Å². The van der Waals surface area contributed by atoms with Gasteiger partial charge in [-0.2, -0.15) is 0 Å². The third kappa shape index (κ3) is 2.62. The third-order valence-electron chi connectivity index (χ3n) is 4.50. The van der Waals surface area contributed by atoms with Gasteiger partial charge >= 0.3 is 0 Å². The van der Waals surface area contributed by atoms with E-state index in [0.717, 1.165) is 0 Å². The minimum atomic E-state index is -0.742. The number of ether oxygens (including phenoxy) is 1. The smallest absolute Gasteiger partial charge is 0.204 e. The fourth-order valence-electron chi connectivity index (χ4n) is 2.98. The molecule has 3 aromatic rings. The number of phenolic OH excluding ortho intramolecular Hbond substituents is 2. The second kappa shape index (κ2) is 6.26. The van der Waals surface area contributed by atoms with Crippen LogP contribution >= 0.6 is 0 Å². The molecular formula is C21H20O5. The molecule has 0 saturated carbocycles. The zero-order chi connectivity index (χ0) is 19.1. The van der Waals surface area contributed by atoms with Crippen molar-refractivity contribution in [1.29, 1.82) is 0 Å². The molecule has 0 aliphatic heterocycles. The molecule has 5 heteroatoms. The quantitative estimate of drug-likeness (QED) is 0.683. The van der Waals surface area contributed by atoms with Crippen molar-refractivity contribution in [3.05, 3.63) is 64.8 Å². The van der Waals surface area contributed by atoms with Crippen LogP contribution in [0.2, 0.25) is 0 Å². The zero-order valence-corrected chi connectivity index (χ0v) is 14.9. The summed E-state index contributed by atoms with van der Waals surface area (Å²) >= 11 is 0. The molecule has 0 radical (unpaired) electrons. The molecule has 134 valence electrons. The first-order valence-electron chi connectivity index (χ1n) is 8.11. The molecular weight excluding hydrogens is 332 g/mol. The lowest BCUT2D eigenvalue weighted by atomic mass is 9.82. The van der Waals surface area contributed by atoms with E-state index in [4.69, 9.17) is 9.15 Å². The molecule has 0 unspecified atom stereocenters. The molecule has 5 nitrogen and oxygen atoms in total. The van der Waals surface area contributed by atoms with Gasteiger partial charge in [0.2, 0.25) is 5.75 Å². The number of aromatic hydroxyl groups is 2. The Labute approximate surface area is 150 Å². The van der Waals surface area contributed by atoms with E-state index in [1.165, 1.54) is 13.2 Å². The summed E-state index contributed by atoms with van der Waals surface area (Å²) in [5.74, 6) is -0.553. The Kier molecular flexibility index (Phi) is 4.24. The van der Waals surface area contributed by atoms with Crippen molar-refractivity contribution in [2.45, 2.75) is 19.3 Å². The van der Waals surface area contributed by atoms with Crippen LogP contribution in [-0.2, 0) is 5.41 Å². The first-order valence-corrected chi connectivity index (χ1v) is 8.11. The van der Waals surface area contributed by atoms with Gasteiger partial charge in [-0.15, -0.1) is 6.58 Å². The van der Waals surface area contributed by atoms with Crippen molar-refractivity contribution < 1.29 is 19.4 Å². The number of allylic oxidation sites excluding steroid dienone is 1. The predicted molar refractivity (Wildman–Crippen MR) is 101 cm³/mol. The van der Waals surface area contributed by atoms with E-state index in [1.54, 1.807) is 6.08 Å². The summed E-state index contributed by atoms with van der Waals surface area (Å²) in [6, 6.07) is 10.5. The Bertz CT molecular complexity index is 1050. The minimum absolute atomic E-state index is 0.0377. The van der Waals surface area contributed by atoms with Crippen molar-refractivity contribution in [2.24, 2.45) is 0 Å². The predicted octanol–water partition coefficient (Wildman–Crippen LogP) is 4.34. The summed E-state index contributed by atoms with van der Waals surface area (Å²) in [6.45, 7) is 7.44. The molecule has 0 fully saturated rings. The van der Waals surface area contributed by atoms with E-state index in [9.17, 15) is 15.0 Å². The van der Waals surface area contributed by atoms with Crippen LogP contribution in [0, 0.1) is 0 Å². The topological polar surface area (TPSA) is 79.9 Å². The van der Waals surface area contributed by atoms with Gasteiger partial charge in [0.15, 0.2) is 16.9 Å². The summed E-state index contributed by atoms with van der Waals surface area (Å²) in [5, 5.41) is 21.1.